The Morgan fingerprint density at radius 1 is 1.39 bits per heavy atom. The molecule has 0 aromatic carbocycles. The minimum Gasteiger partial charge on any atom is -0.515 e. The van der Waals surface area contributed by atoms with Gasteiger partial charge in [-0.2, -0.15) is 0 Å². The zero-order valence-electron chi connectivity index (χ0n) is 13.2. The van der Waals surface area contributed by atoms with Crippen LogP contribution in [0, 0.1) is 0 Å². The maximum Gasteiger partial charge on any atom is 0.341 e. The van der Waals surface area contributed by atoms with Gasteiger partial charge in [-0.15, -0.1) is 11.8 Å². The van der Waals surface area contributed by atoms with Crippen LogP contribution in [0.1, 0.15) is 6.92 Å². The molecular weight excluding hydrogens is 379 g/mol. The highest BCUT2D eigenvalue weighted by atomic mass is 35.5. The molecule has 2 atom stereocenters. The molecule has 0 spiro atoms. The second kappa shape index (κ2) is 6.66. The Morgan fingerprint density at radius 2 is 2.00 bits per heavy atom. The Hall–Kier alpha value is -0.703. The summed E-state index contributed by atoms with van der Waals surface area (Å²) in [6.45, 7) is 7.50. The summed E-state index contributed by atoms with van der Waals surface area (Å²) >= 11 is 12.5. The van der Waals surface area contributed by atoms with Crippen molar-refractivity contribution in [3.05, 3.63) is 11.3 Å². The summed E-state index contributed by atoms with van der Waals surface area (Å²) in [6.07, 6.45) is 0. The standard InChI is InChI=1S/C13H18Cl2N2O4SSi/c1-6-5-22-12-7(16-10(18)9(14)15)11(19)17(12)8(6)13(20)21-23(2,3)4/h7,9,12H,5H2,1-4H3,(H,16,18)/t7?,12-/m1/s1. The smallest absolute Gasteiger partial charge is 0.341 e. The van der Waals surface area contributed by atoms with Gasteiger partial charge in [0.05, 0.1) is 0 Å². The molecule has 6 nitrogen and oxygen atoms in total. The van der Waals surface area contributed by atoms with E-state index in [1.54, 1.807) is 6.92 Å². The molecular formula is C13H18Cl2N2O4SSi. The Morgan fingerprint density at radius 3 is 2.52 bits per heavy atom. The zero-order chi connectivity index (χ0) is 17.5. The summed E-state index contributed by atoms with van der Waals surface area (Å²) in [5, 5.41) is 2.17. The lowest BCUT2D eigenvalue weighted by Gasteiger charge is -2.49. The molecule has 0 aromatic heterocycles. The molecule has 23 heavy (non-hydrogen) atoms. The van der Waals surface area contributed by atoms with E-state index in [9.17, 15) is 14.4 Å². The Balaban J connectivity index is 2.17. The first kappa shape index (κ1) is 18.6. The number of halogens is 2. The lowest BCUT2D eigenvalue weighted by Crippen LogP contribution is -2.71. The summed E-state index contributed by atoms with van der Waals surface area (Å²) in [5.41, 5.74) is 1.08. The van der Waals surface area contributed by atoms with E-state index in [-0.39, 0.29) is 11.3 Å². The first-order chi connectivity index (χ1) is 10.5. The molecule has 1 N–H and O–H groups in total. The number of thioether (sulfide) groups is 1. The number of β-lactam (4-membered cyclic amide) rings is 1. The fraction of sp³-hybridized carbons (Fsp3) is 0.615. The lowest BCUT2D eigenvalue weighted by atomic mass is 10.0. The van der Waals surface area contributed by atoms with Crippen molar-refractivity contribution in [1.29, 1.82) is 0 Å². The molecule has 2 amide bonds. The van der Waals surface area contributed by atoms with Crippen LogP contribution in [0.15, 0.2) is 11.3 Å². The number of amides is 2. The van der Waals surface area contributed by atoms with Gasteiger partial charge in [-0.05, 0) is 32.1 Å². The van der Waals surface area contributed by atoms with Gasteiger partial charge in [0.15, 0.2) is 4.84 Å². The molecule has 2 aliphatic heterocycles. The quantitative estimate of drug-likeness (QED) is 0.445. The van der Waals surface area contributed by atoms with Crippen LogP contribution >= 0.6 is 35.0 Å². The third kappa shape index (κ3) is 3.87. The van der Waals surface area contributed by atoms with E-state index in [1.165, 1.54) is 16.7 Å². The van der Waals surface area contributed by atoms with Gasteiger partial charge in [0, 0.05) is 5.75 Å². The Kier molecular flexibility index (Phi) is 5.39. The van der Waals surface area contributed by atoms with Gasteiger partial charge in [-0.3, -0.25) is 14.5 Å². The van der Waals surface area contributed by atoms with E-state index >= 15 is 0 Å². The van der Waals surface area contributed by atoms with Gasteiger partial charge in [-0.25, -0.2) is 4.79 Å². The van der Waals surface area contributed by atoms with Crippen LogP contribution in [-0.2, 0) is 18.8 Å². The van der Waals surface area contributed by atoms with Gasteiger partial charge in [0.25, 0.3) is 11.8 Å². The van der Waals surface area contributed by atoms with Crippen molar-refractivity contribution in [2.45, 2.75) is 42.8 Å². The highest BCUT2D eigenvalue weighted by Gasteiger charge is 2.54. The van der Waals surface area contributed by atoms with Crippen molar-refractivity contribution in [2.75, 3.05) is 5.75 Å². The fourth-order valence-corrected chi connectivity index (χ4v) is 4.38. The van der Waals surface area contributed by atoms with Crippen molar-refractivity contribution in [3.8, 4) is 0 Å². The molecule has 0 bridgehead atoms. The number of rotatable bonds is 4. The topological polar surface area (TPSA) is 75.7 Å². The van der Waals surface area contributed by atoms with Gasteiger partial charge in [0.2, 0.25) is 8.32 Å². The van der Waals surface area contributed by atoms with E-state index in [0.717, 1.165) is 5.57 Å². The second-order valence-corrected chi connectivity index (χ2v) is 13.0. The third-order valence-corrected chi connectivity index (χ3v) is 5.87. The predicted molar refractivity (Wildman–Crippen MR) is 92.7 cm³/mol. The number of alkyl halides is 2. The van der Waals surface area contributed by atoms with Crippen LogP contribution in [0.3, 0.4) is 0 Å². The Labute approximate surface area is 150 Å². The number of hydrogen-bond donors (Lipinski definition) is 1. The van der Waals surface area contributed by atoms with Crippen LogP contribution in [-0.4, -0.2) is 53.0 Å². The molecule has 10 heteroatoms. The average Bonchev–Trinajstić information content (AvgIpc) is 2.41. The molecule has 2 rings (SSSR count). The van der Waals surface area contributed by atoms with Crippen LogP contribution < -0.4 is 5.32 Å². The van der Waals surface area contributed by atoms with Crippen LogP contribution in [0.25, 0.3) is 0 Å². The maximum absolute atomic E-state index is 12.4. The SMILES string of the molecule is CC1=C(C(=O)O[Si](C)(C)C)N2C(=O)C(NC(=O)C(Cl)Cl)[C@H]2SC1. The molecule has 1 saturated heterocycles. The van der Waals surface area contributed by atoms with Crippen molar-refractivity contribution < 1.29 is 18.8 Å². The van der Waals surface area contributed by atoms with E-state index in [1.807, 2.05) is 19.6 Å². The van der Waals surface area contributed by atoms with Gasteiger partial charge in [0.1, 0.15) is 17.1 Å². The second-order valence-electron chi connectivity index (χ2n) is 6.33. The largest absolute Gasteiger partial charge is 0.515 e. The van der Waals surface area contributed by atoms with Crippen molar-refractivity contribution in [2.24, 2.45) is 0 Å². The molecule has 0 radical (unpaired) electrons. The molecule has 1 fully saturated rings. The summed E-state index contributed by atoms with van der Waals surface area (Å²) < 4.78 is 5.51. The van der Waals surface area contributed by atoms with Crippen LogP contribution in [0.5, 0.6) is 0 Å². The first-order valence-corrected chi connectivity index (χ1v) is 12.3. The molecule has 1 unspecified atom stereocenters. The Bertz CT molecular complexity index is 591. The first-order valence-electron chi connectivity index (χ1n) is 6.99. The summed E-state index contributed by atoms with van der Waals surface area (Å²) in [7, 11) is -2.07. The normalized spacial score (nSPS) is 24.3. The molecule has 128 valence electrons. The van der Waals surface area contributed by atoms with E-state index < -0.39 is 31.1 Å². The summed E-state index contributed by atoms with van der Waals surface area (Å²) in [5.74, 6) is -0.865. The monoisotopic (exact) mass is 396 g/mol. The van der Waals surface area contributed by atoms with Gasteiger partial charge < -0.3 is 9.74 Å². The van der Waals surface area contributed by atoms with E-state index in [4.69, 9.17) is 27.6 Å². The van der Waals surface area contributed by atoms with Crippen molar-refractivity contribution >= 4 is 61.1 Å². The molecule has 0 saturated carbocycles. The van der Waals surface area contributed by atoms with Gasteiger partial charge in [-0.1, -0.05) is 23.2 Å². The molecule has 2 heterocycles. The number of nitrogens with one attached hydrogen (secondary N) is 1. The highest BCUT2D eigenvalue weighted by Crippen LogP contribution is 2.40. The average molecular weight is 397 g/mol. The zero-order valence-corrected chi connectivity index (χ0v) is 16.5. The molecule has 0 aliphatic carbocycles. The fourth-order valence-electron chi connectivity index (χ4n) is 2.31. The number of hydrogen-bond acceptors (Lipinski definition) is 5. The van der Waals surface area contributed by atoms with Gasteiger partial charge >= 0.3 is 5.97 Å². The number of carbonyl (C=O) groups is 3. The molecule has 2 aliphatic rings. The minimum absolute atomic E-state index is 0.292. The van der Waals surface area contributed by atoms with E-state index in [0.29, 0.717) is 11.4 Å². The summed E-state index contributed by atoms with van der Waals surface area (Å²) in [6, 6.07) is -0.727. The van der Waals surface area contributed by atoms with Crippen molar-refractivity contribution in [1.82, 2.24) is 10.2 Å². The molecule has 0 aromatic rings. The van der Waals surface area contributed by atoms with Crippen LogP contribution in [0.2, 0.25) is 19.6 Å². The number of fused-ring (bicyclic) bond motifs is 1. The van der Waals surface area contributed by atoms with Crippen LogP contribution in [0.4, 0.5) is 0 Å². The third-order valence-electron chi connectivity index (χ3n) is 3.25. The lowest BCUT2D eigenvalue weighted by molar-refractivity contribution is -0.150. The number of nitrogens with zero attached hydrogens (tertiary/aromatic N) is 1. The number of carbonyl (C=O) groups excluding carboxylic acids is 3. The predicted octanol–water partition coefficient (Wildman–Crippen LogP) is 1.84. The van der Waals surface area contributed by atoms with Crippen molar-refractivity contribution in [3.63, 3.8) is 0 Å². The highest BCUT2D eigenvalue weighted by molar-refractivity contribution is 8.00. The summed E-state index contributed by atoms with van der Waals surface area (Å²) in [4.78, 5) is 36.5. The maximum atomic E-state index is 12.4. The minimum atomic E-state index is -2.07. The van der Waals surface area contributed by atoms with E-state index in [2.05, 4.69) is 5.32 Å².